The molecule has 0 saturated carbocycles. The van der Waals surface area contributed by atoms with Gasteiger partial charge >= 0.3 is 15.2 Å². The molecule has 0 unspecified atom stereocenters. The molecule has 0 aliphatic heterocycles. The Morgan fingerprint density at radius 1 is 0.609 bits per heavy atom. The maximum absolute atomic E-state index is 4.77. The van der Waals surface area contributed by atoms with Crippen molar-refractivity contribution < 1.29 is 0 Å². The topological polar surface area (TPSA) is 25.8 Å². The summed E-state index contributed by atoms with van der Waals surface area (Å²) in [6.45, 7) is 4.10. The van der Waals surface area contributed by atoms with E-state index in [0.717, 1.165) is 22.4 Å². The molecule has 0 amide bonds. The molecule has 4 aromatic rings. The second-order valence-corrected chi connectivity index (χ2v) is 7.42. The summed E-state index contributed by atoms with van der Waals surface area (Å²) in [6.07, 6.45) is 0. The Kier molecular flexibility index (Phi) is 3.61. The molecule has 2 nitrogen and oxygen atoms in total. The molecule has 0 fully saturated rings. The normalized spacial score (nSPS) is 11.0. The van der Waals surface area contributed by atoms with Gasteiger partial charge in [0.15, 0.2) is 0 Å². The van der Waals surface area contributed by atoms with Gasteiger partial charge in [-0.3, -0.25) is 9.97 Å². The van der Waals surface area contributed by atoms with Crippen LogP contribution >= 0.6 is 0 Å². The van der Waals surface area contributed by atoms with E-state index in [0.29, 0.717) is 0 Å². The largest absolute Gasteiger partial charge is 0.305 e. The molecule has 0 spiro atoms. The van der Waals surface area contributed by atoms with Crippen molar-refractivity contribution in [1.29, 1.82) is 0 Å². The molecular weight excluding hydrogens is 295 g/mol. The zero-order valence-corrected chi connectivity index (χ0v) is 14.4. The first-order valence-corrected chi connectivity index (χ1v) is 8.94. The van der Waals surface area contributed by atoms with Gasteiger partial charge in [-0.05, 0) is 36.8 Å². The number of hydrogen-bond donors (Lipinski definition) is 0. The van der Waals surface area contributed by atoms with Crippen LogP contribution in [0.3, 0.4) is 0 Å². The second-order valence-electron chi connectivity index (χ2n) is 5.89. The average Bonchev–Trinajstić information content (AvgIpc) is 2.56. The number of fused-ring (bicyclic) bond motifs is 2. The number of aromatic nitrogens is 2. The summed E-state index contributed by atoms with van der Waals surface area (Å²) < 4.78 is 2.67. The maximum Gasteiger partial charge on any atom is 0.305 e. The molecule has 1 radical (unpaired) electrons. The van der Waals surface area contributed by atoms with E-state index >= 15 is 0 Å². The van der Waals surface area contributed by atoms with Crippen molar-refractivity contribution in [2.75, 3.05) is 0 Å². The SMILES string of the molecule is Cc1ccc2ccc[c]([Al][c]3cccc4ccc(C)nc34)c2n1. The molecule has 2 aromatic heterocycles. The molecule has 23 heavy (non-hydrogen) atoms. The van der Waals surface area contributed by atoms with Crippen molar-refractivity contribution in [2.45, 2.75) is 13.8 Å². The van der Waals surface area contributed by atoms with Gasteiger partial charge in [0.2, 0.25) is 0 Å². The summed E-state index contributed by atoms with van der Waals surface area (Å²) in [4.78, 5) is 9.54. The molecule has 0 saturated heterocycles. The van der Waals surface area contributed by atoms with Crippen molar-refractivity contribution in [3.8, 4) is 0 Å². The van der Waals surface area contributed by atoms with Crippen molar-refractivity contribution in [3.05, 3.63) is 72.1 Å². The van der Waals surface area contributed by atoms with Gasteiger partial charge in [0.05, 0.1) is 11.0 Å². The van der Waals surface area contributed by atoms with Crippen LogP contribution in [0.5, 0.6) is 0 Å². The Hall–Kier alpha value is -2.21. The lowest BCUT2D eigenvalue weighted by Gasteiger charge is -2.09. The lowest BCUT2D eigenvalue weighted by molar-refractivity contribution is 1.26. The lowest BCUT2D eigenvalue weighted by Crippen LogP contribution is -2.29. The molecule has 0 aliphatic carbocycles. The number of nitrogens with zero attached hydrogens (tertiary/aromatic N) is 2. The molecule has 0 bridgehead atoms. The Morgan fingerprint density at radius 3 is 1.57 bits per heavy atom. The van der Waals surface area contributed by atoms with Crippen LogP contribution in [0.1, 0.15) is 11.4 Å². The highest BCUT2D eigenvalue weighted by molar-refractivity contribution is 6.71. The predicted molar refractivity (Wildman–Crippen MR) is 98.0 cm³/mol. The van der Waals surface area contributed by atoms with Crippen LogP contribution in [-0.4, -0.2) is 25.2 Å². The smallest absolute Gasteiger partial charge is 0.254 e. The molecule has 0 atom stereocenters. The van der Waals surface area contributed by atoms with Gasteiger partial charge in [-0.25, -0.2) is 0 Å². The molecule has 3 heteroatoms. The molecular formula is C20H16AlN2. The third-order valence-corrected chi connectivity index (χ3v) is 5.65. The van der Waals surface area contributed by atoms with Gasteiger partial charge in [0, 0.05) is 11.4 Å². The fourth-order valence-electron chi connectivity index (χ4n) is 2.94. The van der Waals surface area contributed by atoms with Gasteiger partial charge in [0.1, 0.15) is 0 Å². The first kappa shape index (κ1) is 14.4. The average molecular weight is 311 g/mol. The van der Waals surface area contributed by atoms with Crippen LogP contribution < -0.4 is 8.85 Å². The molecule has 0 aliphatic rings. The number of benzene rings is 2. The highest BCUT2D eigenvalue weighted by Crippen LogP contribution is 2.12. The summed E-state index contributed by atoms with van der Waals surface area (Å²) in [6, 6.07) is 21.4. The minimum Gasteiger partial charge on any atom is -0.254 e. The summed E-state index contributed by atoms with van der Waals surface area (Å²) in [5.74, 6) is 0. The third kappa shape index (κ3) is 2.74. The van der Waals surface area contributed by atoms with E-state index in [1.54, 1.807) is 0 Å². The highest BCUT2D eigenvalue weighted by Gasteiger charge is 2.10. The number of pyridine rings is 2. The quantitative estimate of drug-likeness (QED) is 0.532. The van der Waals surface area contributed by atoms with Gasteiger partial charge in [-0.15, -0.1) is 0 Å². The minimum atomic E-state index is -0.0414. The van der Waals surface area contributed by atoms with Crippen molar-refractivity contribution in [1.82, 2.24) is 9.97 Å². The van der Waals surface area contributed by atoms with E-state index in [1.807, 2.05) is 13.8 Å². The Balaban J connectivity index is 1.88. The van der Waals surface area contributed by atoms with E-state index in [2.05, 4.69) is 60.7 Å². The third-order valence-electron chi connectivity index (χ3n) is 4.09. The van der Waals surface area contributed by atoms with E-state index in [9.17, 15) is 0 Å². The van der Waals surface area contributed by atoms with Crippen molar-refractivity contribution in [2.24, 2.45) is 0 Å². The van der Waals surface area contributed by atoms with Gasteiger partial charge in [-0.1, -0.05) is 57.4 Å². The summed E-state index contributed by atoms with van der Waals surface area (Å²) in [5, 5.41) is 2.43. The zero-order chi connectivity index (χ0) is 15.8. The molecule has 0 N–H and O–H groups in total. The summed E-state index contributed by atoms with van der Waals surface area (Å²) >= 11 is -0.0414. The molecule has 109 valence electrons. The second kappa shape index (κ2) is 5.77. The van der Waals surface area contributed by atoms with Gasteiger partial charge in [0.25, 0.3) is 0 Å². The Labute approximate surface area is 141 Å². The van der Waals surface area contributed by atoms with E-state index in [4.69, 9.17) is 9.97 Å². The molecule has 2 heterocycles. The number of rotatable bonds is 2. The number of para-hydroxylation sites is 2. The monoisotopic (exact) mass is 311 g/mol. The van der Waals surface area contributed by atoms with Crippen molar-refractivity contribution >= 4 is 45.9 Å². The Bertz CT molecular complexity index is 941. The van der Waals surface area contributed by atoms with E-state index in [1.165, 1.54) is 19.6 Å². The Morgan fingerprint density at radius 2 is 1.09 bits per heavy atom. The zero-order valence-electron chi connectivity index (χ0n) is 13.2. The van der Waals surface area contributed by atoms with Crippen molar-refractivity contribution in [3.63, 3.8) is 0 Å². The predicted octanol–water partition coefficient (Wildman–Crippen LogP) is 3.05. The summed E-state index contributed by atoms with van der Waals surface area (Å²) in [5.41, 5.74) is 4.40. The van der Waals surface area contributed by atoms with Gasteiger partial charge in [-0.2, -0.15) is 0 Å². The fraction of sp³-hybridized carbons (Fsp3) is 0.100. The van der Waals surface area contributed by atoms with Crippen LogP contribution in [-0.2, 0) is 0 Å². The van der Waals surface area contributed by atoms with Crippen LogP contribution in [0, 0.1) is 13.8 Å². The first-order chi connectivity index (χ1) is 11.2. The highest BCUT2D eigenvalue weighted by atomic mass is 27.1. The first-order valence-electron chi connectivity index (χ1n) is 7.78. The number of aryl methyl sites for hydroxylation is 2. The van der Waals surface area contributed by atoms with Crippen LogP contribution in [0.2, 0.25) is 0 Å². The summed E-state index contributed by atoms with van der Waals surface area (Å²) in [7, 11) is 0. The minimum absolute atomic E-state index is 0.0414. The molecule has 4 rings (SSSR count). The van der Waals surface area contributed by atoms with E-state index in [-0.39, 0.29) is 15.2 Å². The van der Waals surface area contributed by atoms with Gasteiger partial charge < -0.3 is 0 Å². The fourth-order valence-corrected chi connectivity index (χ4v) is 4.42. The lowest BCUT2D eigenvalue weighted by atomic mass is 10.2. The van der Waals surface area contributed by atoms with E-state index < -0.39 is 0 Å². The van der Waals surface area contributed by atoms with Crippen LogP contribution in [0.15, 0.2) is 60.7 Å². The standard InChI is InChI=1S/2C10H8N.Al/c2*1-8-6-7-9-4-2-3-5-10(9)11-8;/h2*2-4,6-7H,1H3;. The maximum atomic E-state index is 4.77. The van der Waals surface area contributed by atoms with Crippen LogP contribution in [0.25, 0.3) is 21.8 Å². The van der Waals surface area contributed by atoms with Crippen LogP contribution in [0.4, 0.5) is 0 Å². The number of hydrogen-bond acceptors (Lipinski definition) is 2. The molecule has 2 aromatic carbocycles.